The van der Waals surface area contributed by atoms with Crippen molar-refractivity contribution in [3.63, 3.8) is 0 Å². The van der Waals surface area contributed by atoms with E-state index in [-0.39, 0.29) is 4.83 Å². The van der Waals surface area contributed by atoms with Gasteiger partial charge in [-0.05, 0) is 18.6 Å². The van der Waals surface area contributed by atoms with Crippen LogP contribution in [0.2, 0.25) is 0 Å². The van der Waals surface area contributed by atoms with E-state index < -0.39 is 11.6 Å². The summed E-state index contributed by atoms with van der Waals surface area (Å²) in [5.74, 6) is -0.418. The van der Waals surface area contributed by atoms with Crippen molar-refractivity contribution >= 4 is 21.9 Å². The highest BCUT2D eigenvalue weighted by Gasteiger charge is 2.39. The molecule has 1 aliphatic carbocycles. The molecule has 0 saturated carbocycles. The lowest BCUT2D eigenvalue weighted by Gasteiger charge is -2.36. The smallest absolute Gasteiger partial charge is 0.331 e. The molecule has 2 unspecified atom stereocenters. The Bertz CT molecular complexity index is 362. The first-order chi connectivity index (χ1) is 7.99. The molecule has 1 aliphatic rings. The number of ether oxygens (including phenoxy) is 2. The average Bonchev–Trinajstić information content (AvgIpc) is 2.36. The van der Waals surface area contributed by atoms with E-state index in [1.807, 2.05) is 13.0 Å². The molecule has 0 heterocycles. The Morgan fingerprint density at radius 3 is 2.71 bits per heavy atom. The molecule has 17 heavy (non-hydrogen) atoms. The maximum absolute atomic E-state index is 11.1. The lowest BCUT2D eigenvalue weighted by molar-refractivity contribution is -0.133. The molecule has 5 heteroatoms. The van der Waals surface area contributed by atoms with Crippen LogP contribution in [0.3, 0.4) is 0 Å². The fourth-order valence-electron chi connectivity index (χ4n) is 1.91. The first kappa shape index (κ1) is 14.3. The predicted molar refractivity (Wildman–Crippen MR) is 68.2 cm³/mol. The van der Waals surface area contributed by atoms with Crippen molar-refractivity contribution in [1.29, 1.82) is 0 Å². The van der Waals surface area contributed by atoms with Gasteiger partial charge in [0.1, 0.15) is 11.4 Å². The van der Waals surface area contributed by atoms with E-state index >= 15 is 0 Å². The van der Waals surface area contributed by atoms with E-state index in [4.69, 9.17) is 14.6 Å². The minimum Gasteiger partial charge on any atom is -0.497 e. The molecule has 0 aromatic carbocycles. The zero-order chi connectivity index (χ0) is 13.1. The van der Waals surface area contributed by atoms with Crippen LogP contribution in [-0.4, -0.2) is 35.7 Å². The molecule has 0 fully saturated rings. The number of halogens is 1. The zero-order valence-electron chi connectivity index (χ0n) is 10.2. The van der Waals surface area contributed by atoms with Gasteiger partial charge in [0.15, 0.2) is 0 Å². The molecular weight excluding hydrogens is 288 g/mol. The molecule has 96 valence electrons. The summed E-state index contributed by atoms with van der Waals surface area (Å²) in [7, 11) is 3.10. The summed E-state index contributed by atoms with van der Waals surface area (Å²) in [5.41, 5.74) is -0.369. The van der Waals surface area contributed by atoms with Crippen LogP contribution < -0.4 is 0 Å². The third-order valence-electron chi connectivity index (χ3n) is 2.95. The van der Waals surface area contributed by atoms with E-state index in [9.17, 15) is 4.79 Å². The Hall–Kier alpha value is -0.810. The minimum atomic E-state index is -0.940. The average molecular weight is 305 g/mol. The first-order valence-electron chi connectivity index (χ1n) is 5.39. The molecule has 0 bridgehead atoms. The molecule has 0 spiro atoms. The first-order valence-corrected chi connectivity index (χ1v) is 6.30. The molecular formula is C12H17BrO4. The van der Waals surface area contributed by atoms with Crippen LogP contribution in [0.15, 0.2) is 23.5 Å². The summed E-state index contributed by atoms with van der Waals surface area (Å²) in [5, 5.41) is 9.11. The largest absolute Gasteiger partial charge is 0.497 e. The van der Waals surface area contributed by atoms with Crippen LogP contribution in [0.1, 0.15) is 19.8 Å². The van der Waals surface area contributed by atoms with Crippen LogP contribution in [0, 0.1) is 0 Å². The van der Waals surface area contributed by atoms with E-state index in [0.717, 1.165) is 6.42 Å². The molecule has 0 amide bonds. The lowest BCUT2D eigenvalue weighted by atomic mass is 9.85. The van der Waals surface area contributed by atoms with Crippen LogP contribution in [-0.2, 0) is 14.3 Å². The SMILES string of the molecule is CCC(Br)C1(OC)C=C(OC)C=C(C(=O)O)C1. The van der Waals surface area contributed by atoms with Crippen LogP contribution in [0.25, 0.3) is 0 Å². The molecule has 0 saturated heterocycles. The molecule has 0 radical (unpaired) electrons. The number of hydrogen-bond donors (Lipinski definition) is 1. The summed E-state index contributed by atoms with van der Waals surface area (Å²) in [6.07, 6.45) is 4.53. The van der Waals surface area contributed by atoms with Gasteiger partial charge in [-0.2, -0.15) is 0 Å². The summed E-state index contributed by atoms with van der Waals surface area (Å²) < 4.78 is 10.7. The van der Waals surface area contributed by atoms with Gasteiger partial charge in [-0.1, -0.05) is 22.9 Å². The normalized spacial score (nSPS) is 25.9. The number of alkyl halides is 1. The highest BCUT2D eigenvalue weighted by molar-refractivity contribution is 9.09. The van der Waals surface area contributed by atoms with Crippen molar-refractivity contribution < 1.29 is 19.4 Å². The number of methoxy groups -OCH3 is 2. The van der Waals surface area contributed by atoms with Gasteiger partial charge < -0.3 is 14.6 Å². The zero-order valence-corrected chi connectivity index (χ0v) is 11.8. The number of carboxylic acids is 1. The third-order valence-corrected chi connectivity index (χ3v) is 4.37. The minimum absolute atomic E-state index is 0.0354. The number of rotatable bonds is 5. The van der Waals surface area contributed by atoms with Crippen molar-refractivity contribution in [3.8, 4) is 0 Å². The van der Waals surface area contributed by atoms with E-state index in [2.05, 4.69) is 15.9 Å². The van der Waals surface area contributed by atoms with Crippen molar-refractivity contribution in [1.82, 2.24) is 0 Å². The summed E-state index contributed by atoms with van der Waals surface area (Å²) in [6, 6.07) is 0. The lowest BCUT2D eigenvalue weighted by Crippen LogP contribution is -2.41. The maximum Gasteiger partial charge on any atom is 0.331 e. The molecule has 0 aliphatic heterocycles. The number of aliphatic carboxylic acids is 1. The van der Waals surface area contributed by atoms with Gasteiger partial charge in [-0.15, -0.1) is 0 Å². The van der Waals surface area contributed by atoms with Gasteiger partial charge in [0.05, 0.1) is 7.11 Å². The number of carbonyl (C=O) groups is 1. The van der Waals surface area contributed by atoms with Crippen molar-refractivity contribution in [3.05, 3.63) is 23.5 Å². The number of carboxylic acid groups (broad SMARTS) is 1. The van der Waals surface area contributed by atoms with E-state index in [1.54, 1.807) is 7.11 Å². The molecule has 1 N–H and O–H groups in total. The van der Waals surface area contributed by atoms with Crippen molar-refractivity contribution in [2.75, 3.05) is 14.2 Å². The van der Waals surface area contributed by atoms with Crippen LogP contribution in [0.5, 0.6) is 0 Å². The van der Waals surface area contributed by atoms with Crippen LogP contribution >= 0.6 is 15.9 Å². The standard InChI is InChI=1S/C12H17BrO4/c1-4-10(13)12(17-3)6-8(11(14)15)5-9(7-12)16-2/h5,7,10H,4,6H2,1-3H3,(H,14,15). The van der Waals surface area contributed by atoms with E-state index in [0.29, 0.717) is 17.8 Å². The fourth-order valence-corrected chi connectivity index (χ4v) is 2.40. The van der Waals surface area contributed by atoms with Crippen molar-refractivity contribution in [2.24, 2.45) is 0 Å². The topological polar surface area (TPSA) is 55.8 Å². The van der Waals surface area contributed by atoms with Crippen LogP contribution in [0.4, 0.5) is 0 Å². The predicted octanol–water partition coefficient (Wildman–Crippen LogP) is 2.49. The Kier molecular flexibility index (Phi) is 4.77. The second kappa shape index (κ2) is 5.69. The summed E-state index contributed by atoms with van der Waals surface area (Å²) in [6.45, 7) is 2.01. The molecule has 0 aromatic rings. The van der Waals surface area contributed by atoms with Gasteiger partial charge in [0.2, 0.25) is 0 Å². The monoisotopic (exact) mass is 304 g/mol. The Morgan fingerprint density at radius 2 is 2.29 bits per heavy atom. The Morgan fingerprint density at radius 1 is 1.65 bits per heavy atom. The van der Waals surface area contributed by atoms with E-state index in [1.165, 1.54) is 13.2 Å². The van der Waals surface area contributed by atoms with Gasteiger partial charge >= 0.3 is 5.97 Å². The molecule has 4 nitrogen and oxygen atoms in total. The number of allylic oxidation sites excluding steroid dienone is 1. The van der Waals surface area contributed by atoms with Gasteiger partial charge in [0.25, 0.3) is 0 Å². The summed E-state index contributed by atoms with van der Waals surface area (Å²) >= 11 is 3.54. The van der Waals surface area contributed by atoms with Gasteiger partial charge in [-0.25, -0.2) is 4.79 Å². The Labute approximate surface area is 109 Å². The Balaban J connectivity index is 3.14. The highest BCUT2D eigenvalue weighted by Crippen LogP contribution is 2.37. The second-order valence-electron chi connectivity index (χ2n) is 3.94. The molecule has 2 atom stereocenters. The quantitative estimate of drug-likeness (QED) is 0.793. The van der Waals surface area contributed by atoms with Gasteiger partial charge in [-0.3, -0.25) is 0 Å². The second-order valence-corrected chi connectivity index (χ2v) is 5.04. The molecule has 0 aromatic heterocycles. The van der Waals surface area contributed by atoms with Gasteiger partial charge in [0, 0.05) is 23.9 Å². The summed E-state index contributed by atoms with van der Waals surface area (Å²) in [4.78, 5) is 11.1. The number of hydrogen-bond acceptors (Lipinski definition) is 3. The molecule has 1 rings (SSSR count). The highest BCUT2D eigenvalue weighted by atomic mass is 79.9. The maximum atomic E-state index is 11.1. The van der Waals surface area contributed by atoms with Crippen molar-refractivity contribution in [2.45, 2.75) is 30.2 Å². The fraction of sp³-hybridized carbons (Fsp3) is 0.583. The third kappa shape index (κ3) is 2.90.